The Morgan fingerprint density at radius 1 is 1.50 bits per heavy atom. The molecule has 0 bridgehead atoms. The van der Waals surface area contributed by atoms with Crippen LogP contribution in [-0.2, 0) is 0 Å². The summed E-state index contributed by atoms with van der Waals surface area (Å²) < 4.78 is 0. The van der Waals surface area contributed by atoms with Gasteiger partial charge in [-0.15, -0.1) is 0 Å². The summed E-state index contributed by atoms with van der Waals surface area (Å²) in [5.41, 5.74) is 1.66. The predicted molar refractivity (Wildman–Crippen MR) is 53.3 cm³/mol. The summed E-state index contributed by atoms with van der Waals surface area (Å²) in [7, 11) is 2.02. The van der Waals surface area contributed by atoms with Gasteiger partial charge in [0.15, 0.2) is 0 Å². The van der Waals surface area contributed by atoms with Crippen LogP contribution in [0.1, 0.15) is 25.7 Å². The second kappa shape index (κ2) is 6.21. The van der Waals surface area contributed by atoms with Crippen LogP contribution in [0.15, 0.2) is 11.6 Å². The van der Waals surface area contributed by atoms with Gasteiger partial charge in [0.2, 0.25) is 0 Å². The standard InChI is InChI=1S/C10H20N2/c1-11-7-3-2-4-10-5-8-12-9-6-10/h5,11-12H,2-4,6-9H2,1H3. The fraction of sp³-hybridized carbons (Fsp3) is 0.800. The van der Waals surface area contributed by atoms with Crippen molar-refractivity contribution in [2.75, 3.05) is 26.7 Å². The van der Waals surface area contributed by atoms with Gasteiger partial charge in [0.25, 0.3) is 0 Å². The summed E-state index contributed by atoms with van der Waals surface area (Å²) in [4.78, 5) is 0. The SMILES string of the molecule is CNCCCCC1=CCNCC1. The van der Waals surface area contributed by atoms with Crippen molar-refractivity contribution in [2.45, 2.75) is 25.7 Å². The van der Waals surface area contributed by atoms with Crippen molar-refractivity contribution < 1.29 is 0 Å². The monoisotopic (exact) mass is 168 g/mol. The first kappa shape index (κ1) is 9.75. The first-order valence-corrected chi connectivity index (χ1v) is 4.96. The molecule has 0 saturated heterocycles. The molecule has 1 aliphatic rings. The highest BCUT2D eigenvalue weighted by molar-refractivity contribution is 5.06. The molecule has 0 fully saturated rings. The molecular formula is C10H20N2. The highest BCUT2D eigenvalue weighted by Crippen LogP contribution is 2.12. The molecule has 2 heteroatoms. The maximum Gasteiger partial charge on any atom is 0.0137 e. The maximum atomic E-state index is 3.33. The van der Waals surface area contributed by atoms with E-state index in [4.69, 9.17) is 0 Å². The van der Waals surface area contributed by atoms with Crippen LogP contribution >= 0.6 is 0 Å². The van der Waals surface area contributed by atoms with Gasteiger partial charge in [0, 0.05) is 6.54 Å². The molecule has 2 N–H and O–H groups in total. The molecule has 0 unspecified atom stereocenters. The van der Waals surface area contributed by atoms with E-state index in [0.29, 0.717) is 0 Å². The van der Waals surface area contributed by atoms with Crippen molar-refractivity contribution >= 4 is 0 Å². The molecule has 0 aromatic heterocycles. The third-order valence-corrected chi connectivity index (χ3v) is 2.33. The van der Waals surface area contributed by atoms with Crippen LogP contribution < -0.4 is 10.6 Å². The summed E-state index contributed by atoms with van der Waals surface area (Å²) in [6.07, 6.45) is 7.57. The molecule has 12 heavy (non-hydrogen) atoms. The first-order valence-electron chi connectivity index (χ1n) is 4.96. The largest absolute Gasteiger partial charge is 0.320 e. The van der Waals surface area contributed by atoms with Gasteiger partial charge in [-0.3, -0.25) is 0 Å². The fourth-order valence-corrected chi connectivity index (χ4v) is 1.55. The molecule has 1 aliphatic heterocycles. The Hall–Kier alpha value is -0.340. The number of rotatable bonds is 5. The molecule has 0 aliphatic carbocycles. The van der Waals surface area contributed by atoms with Gasteiger partial charge in [-0.05, 0) is 45.8 Å². The summed E-state index contributed by atoms with van der Waals surface area (Å²) in [6.45, 7) is 3.42. The van der Waals surface area contributed by atoms with E-state index in [-0.39, 0.29) is 0 Å². The topological polar surface area (TPSA) is 24.1 Å². The van der Waals surface area contributed by atoms with E-state index in [2.05, 4.69) is 16.7 Å². The Kier molecular flexibility index (Phi) is 5.04. The molecule has 0 aromatic rings. The third-order valence-electron chi connectivity index (χ3n) is 2.33. The van der Waals surface area contributed by atoms with E-state index in [1.807, 2.05) is 7.05 Å². The van der Waals surface area contributed by atoms with Crippen molar-refractivity contribution in [1.82, 2.24) is 10.6 Å². The molecule has 70 valence electrons. The zero-order chi connectivity index (χ0) is 8.65. The summed E-state index contributed by atoms with van der Waals surface area (Å²) >= 11 is 0. The number of hydrogen-bond donors (Lipinski definition) is 2. The molecule has 0 atom stereocenters. The van der Waals surface area contributed by atoms with Crippen LogP contribution in [0.3, 0.4) is 0 Å². The lowest BCUT2D eigenvalue weighted by Crippen LogP contribution is -2.20. The van der Waals surface area contributed by atoms with Gasteiger partial charge in [0.1, 0.15) is 0 Å². The quantitative estimate of drug-likeness (QED) is 0.477. The number of hydrogen-bond acceptors (Lipinski definition) is 2. The van der Waals surface area contributed by atoms with Gasteiger partial charge in [-0.25, -0.2) is 0 Å². The summed E-state index contributed by atoms with van der Waals surface area (Å²) in [5, 5.41) is 6.50. The minimum absolute atomic E-state index is 1.08. The second-order valence-corrected chi connectivity index (χ2v) is 3.38. The molecule has 2 nitrogen and oxygen atoms in total. The lowest BCUT2D eigenvalue weighted by molar-refractivity contribution is 0.632. The minimum atomic E-state index is 1.08. The molecule has 0 saturated carbocycles. The van der Waals surface area contributed by atoms with Crippen LogP contribution in [0.5, 0.6) is 0 Å². The van der Waals surface area contributed by atoms with Crippen molar-refractivity contribution in [3.05, 3.63) is 11.6 Å². The van der Waals surface area contributed by atoms with Gasteiger partial charge in [-0.1, -0.05) is 11.6 Å². The Labute approximate surface area is 75.4 Å². The van der Waals surface area contributed by atoms with Gasteiger partial charge in [-0.2, -0.15) is 0 Å². The fourth-order valence-electron chi connectivity index (χ4n) is 1.55. The van der Waals surface area contributed by atoms with Crippen LogP contribution in [0.4, 0.5) is 0 Å². The predicted octanol–water partition coefficient (Wildman–Crippen LogP) is 1.30. The lowest BCUT2D eigenvalue weighted by Gasteiger charge is -2.13. The normalized spacial score (nSPS) is 17.6. The van der Waals surface area contributed by atoms with E-state index < -0.39 is 0 Å². The van der Waals surface area contributed by atoms with Crippen LogP contribution in [0.2, 0.25) is 0 Å². The molecule has 0 spiro atoms. The minimum Gasteiger partial charge on any atom is -0.320 e. The first-order chi connectivity index (χ1) is 5.93. The van der Waals surface area contributed by atoms with E-state index >= 15 is 0 Å². The van der Waals surface area contributed by atoms with Crippen molar-refractivity contribution in [2.24, 2.45) is 0 Å². The third kappa shape index (κ3) is 3.88. The van der Waals surface area contributed by atoms with Crippen LogP contribution in [0.25, 0.3) is 0 Å². The Morgan fingerprint density at radius 3 is 3.08 bits per heavy atom. The zero-order valence-electron chi connectivity index (χ0n) is 8.03. The lowest BCUT2D eigenvalue weighted by atomic mass is 10.0. The second-order valence-electron chi connectivity index (χ2n) is 3.38. The van der Waals surface area contributed by atoms with E-state index in [1.54, 1.807) is 5.57 Å². The maximum absolute atomic E-state index is 3.33. The number of unbranched alkanes of at least 4 members (excludes halogenated alkanes) is 1. The highest BCUT2D eigenvalue weighted by atomic mass is 14.8. The molecule has 0 radical (unpaired) electrons. The molecule has 0 aromatic carbocycles. The Morgan fingerprint density at radius 2 is 2.42 bits per heavy atom. The molecule has 1 rings (SSSR count). The van der Waals surface area contributed by atoms with Crippen LogP contribution in [0, 0.1) is 0 Å². The van der Waals surface area contributed by atoms with Gasteiger partial charge in [0.05, 0.1) is 0 Å². The smallest absolute Gasteiger partial charge is 0.0137 e. The molecule has 1 heterocycles. The average Bonchev–Trinajstić information content (AvgIpc) is 2.14. The summed E-state index contributed by atoms with van der Waals surface area (Å²) in [6, 6.07) is 0. The average molecular weight is 168 g/mol. The number of nitrogens with one attached hydrogen (secondary N) is 2. The Bertz CT molecular complexity index is 141. The van der Waals surface area contributed by atoms with E-state index in [1.165, 1.54) is 32.2 Å². The summed E-state index contributed by atoms with van der Waals surface area (Å²) in [5.74, 6) is 0. The van der Waals surface area contributed by atoms with Gasteiger partial charge < -0.3 is 10.6 Å². The molecular weight excluding hydrogens is 148 g/mol. The van der Waals surface area contributed by atoms with Crippen molar-refractivity contribution in [1.29, 1.82) is 0 Å². The van der Waals surface area contributed by atoms with E-state index in [9.17, 15) is 0 Å². The Balaban J connectivity index is 2.01. The van der Waals surface area contributed by atoms with Crippen molar-refractivity contribution in [3.63, 3.8) is 0 Å². The highest BCUT2D eigenvalue weighted by Gasteiger charge is 2.01. The van der Waals surface area contributed by atoms with Crippen molar-refractivity contribution in [3.8, 4) is 0 Å². The molecule has 0 amide bonds. The van der Waals surface area contributed by atoms with Gasteiger partial charge >= 0.3 is 0 Å². The zero-order valence-corrected chi connectivity index (χ0v) is 8.03. The van der Waals surface area contributed by atoms with E-state index in [0.717, 1.165) is 13.1 Å². The van der Waals surface area contributed by atoms with Crippen LogP contribution in [-0.4, -0.2) is 26.7 Å².